The SMILES string of the molecule is OC[C@@H]1[C@H](O)[C@H](O)[C@@H](O)C[N+]12CCCCCC2.[Br-]. The molecular weight excluding hydrogens is 302 g/mol. The van der Waals surface area contributed by atoms with E-state index in [-0.39, 0.29) is 29.6 Å². The van der Waals surface area contributed by atoms with Crippen LogP contribution >= 0.6 is 0 Å². The Morgan fingerprint density at radius 1 is 0.889 bits per heavy atom. The summed E-state index contributed by atoms with van der Waals surface area (Å²) < 4.78 is 0.565. The fraction of sp³-hybridized carbons (Fsp3) is 1.00. The van der Waals surface area contributed by atoms with E-state index in [1.54, 1.807) is 0 Å². The van der Waals surface area contributed by atoms with Crippen molar-refractivity contribution in [3.63, 3.8) is 0 Å². The number of nitrogens with zero attached hydrogens (tertiary/aromatic N) is 1. The van der Waals surface area contributed by atoms with E-state index in [0.29, 0.717) is 11.0 Å². The Bertz CT molecular complexity index is 258. The van der Waals surface area contributed by atoms with Crippen LogP contribution in [0, 0.1) is 0 Å². The third-order valence-corrected chi connectivity index (χ3v) is 4.54. The summed E-state index contributed by atoms with van der Waals surface area (Å²) in [6, 6.07) is -0.355. The average molecular weight is 326 g/mol. The Kier molecular flexibility index (Phi) is 6.02. The monoisotopic (exact) mass is 325 g/mol. The summed E-state index contributed by atoms with van der Waals surface area (Å²) in [4.78, 5) is 0. The Labute approximate surface area is 118 Å². The first-order valence-electron chi connectivity index (χ1n) is 6.61. The van der Waals surface area contributed by atoms with Gasteiger partial charge >= 0.3 is 0 Å². The number of quaternary nitrogens is 1. The van der Waals surface area contributed by atoms with E-state index in [9.17, 15) is 20.4 Å². The molecule has 4 atom stereocenters. The van der Waals surface area contributed by atoms with Crippen molar-refractivity contribution >= 4 is 0 Å². The van der Waals surface area contributed by atoms with Crippen molar-refractivity contribution in [3.05, 3.63) is 0 Å². The van der Waals surface area contributed by atoms with Crippen LogP contribution in [0.15, 0.2) is 0 Å². The van der Waals surface area contributed by atoms with Crippen molar-refractivity contribution in [3.8, 4) is 0 Å². The molecule has 0 aromatic heterocycles. The van der Waals surface area contributed by atoms with Crippen LogP contribution in [0.3, 0.4) is 0 Å². The molecule has 2 aliphatic heterocycles. The molecule has 2 aliphatic rings. The van der Waals surface area contributed by atoms with E-state index < -0.39 is 18.3 Å². The van der Waals surface area contributed by atoms with Crippen LogP contribution in [0.1, 0.15) is 25.7 Å². The molecule has 2 rings (SSSR count). The molecule has 1 spiro atoms. The van der Waals surface area contributed by atoms with Gasteiger partial charge in [-0.1, -0.05) is 0 Å². The summed E-state index contributed by atoms with van der Waals surface area (Å²) in [6.07, 6.45) is 1.43. The molecule has 2 saturated heterocycles. The Morgan fingerprint density at radius 2 is 1.44 bits per heavy atom. The first kappa shape index (κ1) is 16.3. The molecule has 2 fully saturated rings. The van der Waals surface area contributed by atoms with E-state index in [1.165, 1.54) is 12.8 Å². The number of rotatable bonds is 1. The van der Waals surface area contributed by atoms with Crippen molar-refractivity contribution < 1.29 is 41.9 Å². The van der Waals surface area contributed by atoms with Gasteiger partial charge in [-0.2, -0.15) is 0 Å². The van der Waals surface area contributed by atoms with Crippen LogP contribution in [0.2, 0.25) is 0 Å². The van der Waals surface area contributed by atoms with Crippen molar-refractivity contribution in [1.82, 2.24) is 0 Å². The minimum absolute atomic E-state index is 0. The van der Waals surface area contributed by atoms with Gasteiger partial charge in [0.1, 0.15) is 30.9 Å². The number of piperidine rings is 1. The van der Waals surface area contributed by atoms with Gasteiger partial charge in [-0.05, 0) is 25.7 Å². The van der Waals surface area contributed by atoms with Crippen LogP contribution in [-0.2, 0) is 0 Å². The zero-order valence-electron chi connectivity index (χ0n) is 10.6. The van der Waals surface area contributed by atoms with Gasteiger partial charge in [0, 0.05) is 0 Å². The molecule has 0 aliphatic carbocycles. The van der Waals surface area contributed by atoms with Gasteiger partial charge in [-0.25, -0.2) is 0 Å². The third-order valence-electron chi connectivity index (χ3n) is 4.54. The molecular formula is C12H24BrNO4. The van der Waals surface area contributed by atoms with Crippen LogP contribution in [0.4, 0.5) is 0 Å². The number of halogens is 1. The topological polar surface area (TPSA) is 80.9 Å². The van der Waals surface area contributed by atoms with Crippen molar-refractivity contribution in [1.29, 1.82) is 0 Å². The average Bonchev–Trinajstić information content (AvgIpc) is 2.53. The van der Waals surface area contributed by atoms with Crippen molar-refractivity contribution in [2.24, 2.45) is 0 Å². The van der Waals surface area contributed by atoms with Gasteiger partial charge < -0.3 is 41.9 Å². The molecule has 108 valence electrons. The quantitative estimate of drug-likeness (QED) is 0.369. The van der Waals surface area contributed by atoms with E-state index in [1.807, 2.05) is 0 Å². The van der Waals surface area contributed by atoms with Gasteiger partial charge in [0.15, 0.2) is 0 Å². The molecule has 18 heavy (non-hydrogen) atoms. The Hall–Kier alpha value is 0.280. The molecule has 4 N–H and O–H groups in total. The maximum absolute atomic E-state index is 10.0. The number of hydrogen-bond acceptors (Lipinski definition) is 4. The molecule has 6 heteroatoms. The first-order valence-corrected chi connectivity index (χ1v) is 6.61. The van der Waals surface area contributed by atoms with Gasteiger partial charge in [0.25, 0.3) is 0 Å². The maximum atomic E-state index is 10.0. The minimum Gasteiger partial charge on any atom is -1.00 e. The van der Waals surface area contributed by atoms with Crippen LogP contribution in [-0.4, -0.2) is 75.5 Å². The summed E-state index contributed by atoms with van der Waals surface area (Å²) in [5.41, 5.74) is 0. The second-order valence-corrected chi connectivity index (χ2v) is 5.56. The van der Waals surface area contributed by atoms with Crippen molar-refractivity contribution in [2.45, 2.75) is 50.0 Å². The lowest BCUT2D eigenvalue weighted by Crippen LogP contribution is -3.00. The minimum atomic E-state index is -1.13. The lowest BCUT2D eigenvalue weighted by atomic mass is 9.90. The number of hydrogen-bond donors (Lipinski definition) is 4. The predicted octanol–water partition coefficient (Wildman–Crippen LogP) is -4.16. The van der Waals surface area contributed by atoms with Gasteiger partial charge in [-0.3, -0.25) is 0 Å². The van der Waals surface area contributed by atoms with Gasteiger partial charge in [0.2, 0.25) is 0 Å². The molecule has 2 heterocycles. The van der Waals surface area contributed by atoms with E-state index >= 15 is 0 Å². The second kappa shape index (κ2) is 6.63. The van der Waals surface area contributed by atoms with Gasteiger partial charge in [-0.15, -0.1) is 0 Å². The number of aliphatic hydroxyl groups is 4. The van der Waals surface area contributed by atoms with E-state index in [0.717, 1.165) is 25.9 Å². The number of aliphatic hydroxyl groups excluding tert-OH is 4. The van der Waals surface area contributed by atoms with Gasteiger partial charge in [0.05, 0.1) is 19.7 Å². The standard InChI is InChI=1S/C12H24NO4.BrH/c14-8-9-11(16)12(17)10(15)7-13(9)5-3-1-2-4-6-13;/h9-12,14-17H,1-8H2;1H/q+1;/p-1/t9-,10+,11+,12-;/m1./s1. The summed E-state index contributed by atoms with van der Waals surface area (Å²) >= 11 is 0. The lowest BCUT2D eigenvalue weighted by molar-refractivity contribution is -0.963. The zero-order chi connectivity index (χ0) is 12.5. The van der Waals surface area contributed by atoms with Crippen LogP contribution < -0.4 is 17.0 Å². The molecule has 0 bridgehead atoms. The fourth-order valence-corrected chi connectivity index (χ4v) is 3.51. The molecule has 0 saturated carbocycles. The lowest BCUT2D eigenvalue weighted by Gasteiger charge is -2.51. The second-order valence-electron chi connectivity index (χ2n) is 5.56. The molecule has 0 aromatic carbocycles. The summed E-state index contributed by atoms with van der Waals surface area (Å²) in [7, 11) is 0. The molecule has 0 aromatic rings. The smallest absolute Gasteiger partial charge is 0.141 e. The Balaban J connectivity index is 0.00000162. The highest BCUT2D eigenvalue weighted by atomic mass is 79.9. The molecule has 0 amide bonds. The predicted molar refractivity (Wildman–Crippen MR) is 62.2 cm³/mol. The third kappa shape index (κ3) is 2.89. The highest BCUT2D eigenvalue weighted by Gasteiger charge is 2.51. The summed E-state index contributed by atoms with van der Waals surface area (Å²) in [5.74, 6) is 0. The Morgan fingerprint density at radius 3 is 1.94 bits per heavy atom. The molecule has 0 unspecified atom stereocenters. The molecule has 5 nitrogen and oxygen atoms in total. The normalized spacial score (nSPS) is 40.0. The first-order chi connectivity index (χ1) is 8.10. The fourth-order valence-electron chi connectivity index (χ4n) is 3.51. The van der Waals surface area contributed by atoms with Crippen molar-refractivity contribution in [2.75, 3.05) is 26.2 Å². The van der Waals surface area contributed by atoms with Crippen LogP contribution in [0.5, 0.6) is 0 Å². The summed E-state index contributed by atoms with van der Waals surface area (Å²) in [5, 5.41) is 39.1. The van der Waals surface area contributed by atoms with E-state index in [4.69, 9.17) is 0 Å². The van der Waals surface area contributed by atoms with Crippen LogP contribution in [0.25, 0.3) is 0 Å². The van der Waals surface area contributed by atoms with E-state index in [2.05, 4.69) is 0 Å². The highest BCUT2D eigenvalue weighted by molar-refractivity contribution is 4.88. The largest absolute Gasteiger partial charge is 1.00 e. The molecule has 0 radical (unpaired) electrons. The highest BCUT2D eigenvalue weighted by Crippen LogP contribution is 2.30. The zero-order valence-corrected chi connectivity index (χ0v) is 12.2. The summed E-state index contributed by atoms with van der Waals surface area (Å²) in [6.45, 7) is 2.08. The maximum Gasteiger partial charge on any atom is 0.141 e.